The maximum absolute atomic E-state index is 9.26. The number of aromatic nitrogens is 4. The highest BCUT2D eigenvalue weighted by atomic mass is 16.5. The molecule has 0 radical (unpaired) electrons. The molecule has 18 heavy (non-hydrogen) atoms. The van der Waals surface area contributed by atoms with E-state index in [0.29, 0.717) is 43.3 Å². The van der Waals surface area contributed by atoms with Crippen LogP contribution in [-0.4, -0.2) is 45.9 Å². The third kappa shape index (κ3) is 1.53. The fourth-order valence-corrected chi connectivity index (χ4v) is 1.97. The van der Waals surface area contributed by atoms with Gasteiger partial charge in [0.1, 0.15) is 18.0 Å². The minimum absolute atomic E-state index is 0.219. The molecule has 3 heterocycles. The number of fused-ring (bicyclic) bond motifs is 1. The van der Waals surface area contributed by atoms with E-state index in [2.05, 4.69) is 21.1 Å². The summed E-state index contributed by atoms with van der Waals surface area (Å²) < 4.78 is 6.67. The second kappa shape index (κ2) is 4.12. The number of rotatable bonds is 1. The number of anilines is 2. The predicted molar refractivity (Wildman–Crippen MR) is 62.9 cm³/mol. The molecule has 2 aromatic rings. The zero-order valence-electron chi connectivity index (χ0n) is 9.57. The average molecular weight is 245 g/mol. The Hall–Kier alpha value is -2.40. The van der Waals surface area contributed by atoms with Crippen molar-refractivity contribution >= 4 is 17.4 Å². The van der Waals surface area contributed by atoms with E-state index in [4.69, 9.17) is 10.5 Å². The number of ether oxygens (including phenoxy) is 1. The maximum atomic E-state index is 9.26. The van der Waals surface area contributed by atoms with Gasteiger partial charge in [0.2, 0.25) is 5.95 Å². The molecule has 0 amide bonds. The fraction of sp³-hybridized carbons (Fsp3) is 0.400. The van der Waals surface area contributed by atoms with E-state index in [-0.39, 0.29) is 5.95 Å². The summed E-state index contributed by atoms with van der Waals surface area (Å²) in [4.78, 5) is 9.91. The number of nitriles is 1. The molecule has 0 unspecified atom stereocenters. The molecule has 92 valence electrons. The number of nitrogen functional groups attached to an aromatic ring is 1. The summed E-state index contributed by atoms with van der Waals surface area (Å²) in [6.07, 6.45) is 1.33. The minimum Gasteiger partial charge on any atom is -0.378 e. The van der Waals surface area contributed by atoms with Gasteiger partial charge in [-0.3, -0.25) is 0 Å². The second-order valence-electron chi connectivity index (χ2n) is 3.88. The molecule has 1 aliphatic heterocycles. The second-order valence-corrected chi connectivity index (χ2v) is 3.88. The SMILES string of the molecule is N#Cc1c(N2CCOCC2)nn2c(N)ncnc12. The van der Waals surface area contributed by atoms with E-state index in [1.165, 1.54) is 10.8 Å². The van der Waals surface area contributed by atoms with Crippen molar-refractivity contribution in [2.24, 2.45) is 0 Å². The van der Waals surface area contributed by atoms with Crippen LogP contribution < -0.4 is 10.6 Å². The van der Waals surface area contributed by atoms with Crippen LogP contribution in [0.4, 0.5) is 11.8 Å². The van der Waals surface area contributed by atoms with Crippen molar-refractivity contribution in [1.82, 2.24) is 19.6 Å². The summed E-state index contributed by atoms with van der Waals surface area (Å²) in [7, 11) is 0. The minimum atomic E-state index is 0.219. The van der Waals surface area contributed by atoms with Crippen LogP contribution in [0.2, 0.25) is 0 Å². The average Bonchev–Trinajstić information content (AvgIpc) is 2.80. The van der Waals surface area contributed by atoms with Crippen molar-refractivity contribution < 1.29 is 4.74 Å². The molecule has 1 fully saturated rings. The lowest BCUT2D eigenvalue weighted by Gasteiger charge is -2.26. The van der Waals surface area contributed by atoms with E-state index in [1.54, 1.807) is 0 Å². The van der Waals surface area contributed by atoms with Gasteiger partial charge in [-0.1, -0.05) is 0 Å². The molecule has 0 bridgehead atoms. The Balaban J connectivity index is 2.17. The Morgan fingerprint density at radius 3 is 2.83 bits per heavy atom. The Kier molecular flexibility index (Phi) is 2.46. The van der Waals surface area contributed by atoms with Crippen LogP contribution in [0, 0.1) is 11.3 Å². The lowest BCUT2D eigenvalue weighted by atomic mass is 10.3. The summed E-state index contributed by atoms with van der Waals surface area (Å²) >= 11 is 0. The van der Waals surface area contributed by atoms with Crippen LogP contribution in [0.3, 0.4) is 0 Å². The summed E-state index contributed by atoms with van der Waals surface area (Å²) in [6.45, 7) is 2.65. The van der Waals surface area contributed by atoms with Gasteiger partial charge in [-0.05, 0) is 0 Å². The molecule has 0 saturated carbocycles. The number of hydrogen-bond acceptors (Lipinski definition) is 7. The van der Waals surface area contributed by atoms with E-state index < -0.39 is 0 Å². The summed E-state index contributed by atoms with van der Waals surface area (Å²) in [5.74, 6) is 0.809. The van der Waals surface area contributed by atoms with Crippen LogP contribution >= 0.6 is 0 Å². The van der Waals surface area contributed by atoms with Gasteiger partial charge in [0.05, 0.1) is 13.2 Å². The van der Waals surface area contributed by atoms with Gasteiger partial charge in [0.25, 0.3) is 0 Å². The first-order valence-electron chi connectivity index (χ1n) is 5.53. The van der Waals surface area contributed by atoms with E-state index >= 15 is 0 Å². The van der Waals surface area contributed by atoms with Gasteiger partial charge in [0.15, 0.2) is 11.5 Å². The molecule has 8 heteroatoms. The number of hydrogen-bond donors (Lipinski definition) is 1. The van der Waals surface area contributed by atoms with Crippen LogP contribution in [0.5, 0.6) is 0 Å². The Bertz CT molecular complexity index is 623. The maximum Gasteiger partial charge on any atom is 0.224 e. The number of nitrogens with two attached hydrogens (primary N) is 1. The van der Waals surface area contributed by atoms with Crippen molar-refractivity contribution in [2.45, 2.75) is 0 Å². The predicted octanol–water partition coefficient (Wildman–Crippen LogP) is -0.585. The number of nitrogens with zero attached hydrogens (tertiary/aromatic N) is 6. The highest BCUT2D eigenvalue weighted by Gasteiger charge is 2.22. The molecule has 8 nitrogen and oxygen atoms in total. The van der Waals surface area contributed by atoms with Crippen LogP contribution in [0.1, 0.15) is 5.56 Å². The van der Waals surface area contributed by atoms with Gasteiger partial charge >= 0.3 is 0 Å². The van der Waals surface area contributed by atoms with Crippen molar-refractivity contribution in [3.05, 3.63) is 11.9 Å². The highest BCUT2D eigenvalue weighted by Crippen LogP contribution is 2.23. The monoisotopic (exact) mass is 245 g/mol. The van der Waals surface area contributed by atoms with Gasteiger partial charge in [-0.25, -0.2) is 9.97 Å². The topological polar surface area (TPSA) is 105 Å². The Morgan fingerprint density at radius 1 is 1.33 bits per heavy atom. The van der Waals surface area contributed by atoms with Gasteiger partial charge in [-0.2, -0.15) is 9.78 Å². The lowest BCUT2D eigenvalue weighted by molar-refractivity contribution is 0.122. The first kappa shape index (κ1) is 10.7. The third-order valence-corrected chi connectivity index (χ3v) is 2.85. The van der Waals surface area contributed by atoms with Crippen LogP contribution in [-0.2, 0) is 4.74 Å². The molecule has 2 aromatic heterocycles. The first-order chi connectivity index (χ1) is 8.81. The molecule has 1 aliphatic rings. The Morgan fingerprint density at radius 2 is 2.11 bits per heavy atom. The van der Waals surface area contributed by atoms with Crippen molar-refractivity contribution in [3.63, 3.8) is 0 Å². The largest absolute Gasteiger partial charge is 0.378 e. The third-order valence-electron chi connectivity index (χ3n) is 2.85. The molecular formula is C10H11N7O. The van der Waals surface area contributed by atoms with Crippen molar-refractivity contribution in [2.75, 3.05) is 36.9 Å². The van der Waals surface area contributed by atoms with Crippen molar-refractivity contribution in [3.8, 4) is 6.07 Å². The standard InChI is InChI=1S/C10H11N7O/c11-5-7-8-13-6-14-10(12)17(8)15-9(7)16-1-3-18-4-2-16/h6H,1-4H2,(H2,12,13,14). The molecule has 0 aliphatic carbocycles. The molecule has 2 N–H and O–H groups in total. The fourth-order valence-electron chi connectivity index (χ4n) is 1.97. The molecule has 0 atom stereocenters. The van der Waals surface area contributed by atoms with E-state index in [9.17, 15) is 5.26 Å². The summed E-state index contributed by atoms with van der Waals surface area (Å²) in [6, 6.07) is 2.13. The zero-order chi connectivity index (χ0) is 12.5. The Labute approximate surface area is 103 Å². The zero-order valence-corrected chi connectivity index (χ0v) is 9.57. The van der Waals surface area contributed by atoms with Gasteiger partial charge in [0, 0.05) is 13.1 Å². The molecule has 0 aromatic carbocycles. The van der Waals surface area contributed by atoms with E-state index in [1.807, 2.05) is 4.90 Å². The summed E-state index contributed by atoms with van der Waals surface area (Å²) in [5, 5.41) is 13.6. The molecule has 3 rings (SSSR count). The quantitative estimate of drug-likeness (QED) is 0.716. The van der Waals surface area contributed by atoms with Gasteiger partial charge in [-0.15, -0.1) is 5.10 Å². The molecule has 1 saturated heterocycles. The molecular weight excluding hydrogens is 234 g/mol. The lowest BCUT2D eigenvalue weighted by Crippen LogP contribution is -2.36. The summed E-state index contributed by atoms with van der Waals surface area (Å²) in [5.41, 5.74) is 6.58. The normalized spacial score (nSPS) is 15.8. The van der Waals surface area contributed by atoms with Gasteiger partial charge < -0.3 is 15.4 Å². The van der Waals surface area contributed by atoms with Crippen LogP contribution in [0.15, 0.2) is 6.33 Å². The van der Waals surface area contributed by atoms with E-state index in [0.717, 1.165) is 0 Å². The smallest absolute Gasteiger partial charge is 0.224 e. The first-order valence-corrected chi connectivity index (χ1v) is 5.53. The number of morpholine rings is 1. The highest BCUT2D eigenvalue weighted by molar-refractivity contribution is 5.69. The van der Waals surface area contributed by atoms with Crippen LogP contribution in [0.25, 0.3) is 5.65 Å². The van der Waals surface area contributed by atoms with Crippen molar-refractivity contribution in [1.29, 1.82) is 5.26 Å². The molecule has 0 spiro atoms.